The summed E-state index contributed by atoms with van der Waals surface area (Å²) in [6, 6.07) is 2.15. The van der Waals surface area contributed by atoms with E-state index in [-0.39, 0.29) is 11.7 Å². The summed E-state index contributed by atoms with van der Waals surface area (Å²) in [5.74, 6) is -1.28. The SMILES string of the molecule is OC1CCCCCC1Nc1c(F)cc(Br)cc1F. The summed E-state index contributed by atoms with van der Waals surface area (Å²) in [5, 5.41) is 12.7. The Morgan fingerprint density at radius 3 is 2.39 bits per heavy atom. The van der Waals surface area contributed by atoms with Gasteiger partial charge in [-0.3, -0.25) is 0 Å². The van der Waals surface area contributed by atoms with E-state index in [2.05, 4.69) is 21.2 Å². The first-order chi connectivity index (χ1) is 8.58. The molecule has 0 saturated heterocycles. The van der Waals surface area contributed by atoms with Crippen molar-refractivity contribution in [1.29, 1.82) is 0 Å². The average molecular weight is 320 g/mol. The van der Waals surface area contributed by atoms with E-state index in [0.29, 0.717) is 10.9 Å². The highest BCUT2D eigenvalue weighted by molar-refractivity contribution is 9.10. The van der Waals surface area contributed by atoms with Crippen molar-refractivity contribution in [2.24, 2.45) is 0 Å². The highest BCUT2D eigenvalue weighted by Gasteiger charge is 2.23. The van der Waals surface area contributed by atoms with Crippen molar-refractivity contribution in [3.05, 3.63) is 28.2 Å². The van der Waals surface area contributed by atoms with Crippen LogP contribution in [0.1, 0.15) is 32.1 Å². The molecule has 1 aliphatic carbocycles. The van der Waals surface area contributed by atoms with E-state index in [0.717, 1.165) is 25.7 Å². The first-order valence-electron chi connectivity index (χ1n) is 6.17. The number of nitrogens with one attached hydrogen (secondary N) is 1. The third-order valence-corrected chi connectivity index (χ3v) is 3.77. The maximum absolute atomic E-state index is 13.7. The summed E-state index contributed by atoms with van der Waals surface area (Å²) in [5.41, 5.74) is -0.149. The molecule has 0 amide bonds. The van der Waals surface area contributed by atoms with Crippen molar-refractivity contribution in [2.45, 2.75) is 44.2 Å². The van der Waals surface area contributed by atoms with Crippen molar-refractivity contribution in [3.63, 3.8) is 0 Å². The molecule has 100 valence electrons. The molecule has 0 radical (unpaired) electrons. The minimum Gasteiger partial charge on any atom is -0.391 e. The van der Waals surface area contributed by atoms with Crippen LogP contribution in [0.15, 0.2) is 16.6 Å². The number of anilines is 1. The van der Waals surface area contributed by atoms with Gasteiger partial charge < -0.3 is 10.4 Å². The van der Waals surface area contributed by atoms with Crippen molar-refractivity contribution in [2.75, 3.05) is 5.32 Å². The van der Waals surface area contributed by atoms with Gasteiger partial charge >= 0.3 is 0 Å². The molecule has 2 nitrogen and oxygen atoms in total. The third-order valence-electron chi connectivity index (χ3n) is 3.32. The van der Waals surface area contributed by atoms with Crippen LogP contribution in [-0.2, 0) is 0 Å². The van der Waals surface area contributed by atoms with Crippen LogP contribution in [0.2, 0.25) is 0 Å². The predicted molar refractivity (Wildman–Crippen MR) is 70.6 cm³/mol. The monoisotopic (exact) mass is 319 g/mol. The van der Waals surface area contributed by atoms with Gasteiger partial charge in [-0.1, -0.05) is 35.2 Å². The molecule has 1 aliphatic rings. The number of aliphatic hydroxyl groups excluding tert-OH is 1. The molecule has 5 heteroatoms. The van der Waals surface area contributed by atoms with E-state index >= 15 is 0 Å². The summed E-state index contributed by atoms with van der Waals surface area (Å²) >= 11 is 3.04. The minimum absolute atomic E-state index is 0.149. The van der Waals surface area contributed by atoms with Gasteiger partial charge in [0, 0.05) is 4.47 Å². The second-order valence-corrected chi connectivity index (χ2v) is 5.62. The second-order valence-electron chi connectivity index (χ2n) is 4.70. The number of rotatable bonds is 2. The van der Waals surface area contributed by atoms with Crippen LogP contribution in [-0.4, -0.2) is 17.3 Å². The molecule has 0 bridgehead atoms. The molecular formula is C13H16BrF2NO. The maximum atomic E-state index is 13.7. The average Bonchev–Trinajstić information content (AvgIpc) is 2.49. The van der Waals surface area contributed by atoms with Crippen molar-refractivity contribution in [1.82, 2.24) is 0 Å². The van der Waals surface area contributed by atoms with Crippen LogP contribution in [0.4, 0.5) is 14.5 Å². The molecule has 0 heterocycles. The Bertz CT molecular complexity index is 404. The first-order valence-corrected chi connectivity index (χ1v) is 6.96. The van der Waals surface area contributed by atoms with Gasteiger partial charge in [0.2, 0.25) is 0 Å². The molecule has 2 unspecified atom stereocenters. The second kappa shape index (κ2) is 5.97. The van der Waals surface area contributed by atoms with Gasteiger partial charge in [-0.2, -0.15) is 0 Å². The van der Waals surface area contributed by atoms with Crippen LogP contribution in [0.5, 0.6) is 0 Å². The summed E-state index contributed by atoms with van der Waals surface area (Å²) in [7, 11) is 0. The molecule has 0 aromatic heterocycles. The van der Waals surface area contributed by atoms with E-state index in [4.69, 9.17) is 0 Å². The van der Waals surface area contributed by atoms with Gasteiger partial charge in [0.05, 0.1) is 12.1 Å². The Kier molecular flexibility index (Phi) is 4.56. The van der Waals surface area contributed by atoms with Crippen molar-refractivity contribution >= 4 is 21.6 Å². The molecule has 2 rings (SSSR count). The summed E-state index contributed by atoms with van der Waals surface area (Å²) in [4.78, 5) is 0. The van der Waals surface area contributed by atoms with E-state index < -0.39 is 17.7 Å². The fourth-order valence-corrected chi connectivity index (χ4v) is 2.72. The number of benzene rings is 1. The Balaban J connectivity index is 2.17. The molecule has 1 aromatic carbocycles. The van der Waals surface area contributed by atoms with E-state index in [1.165, 1.54) is 12.1 Å². The Hall–Kier alpha value is -0.680. The Morgan fingerprint density at radius 1 is 1.11 bits per heavy atom. The van der Waals surface area contributed by atoms with E-state index in [1.54, 1.807) is 0 Å². The highest BCUT2D eigenvalue weighted by Crippen LogP contribution is 2.27. The lowest BCUT2D eigenvalue weighted by molar-refractivity contribution is 0.144. The number of aliphatic hydroxyl groups is 1. The fraction of sp³-hybridized carbons (Fsp3) is 0.538. The maximum Gasteiger partial charge on any atom is 0.150 e. The van der Waals surface area contributed by atoms with E-state index in [9.17, 15) is 13.9 Å². The van der Waals surface area contributed by atoms with Crippen LogP contribution < -0.4 is 5.32 Å². The van der Waals surface area contributed by atoms with Crippen molar-refractivity contribution in [3.8, 4) is 0 Å². The van der Waals surface area contributed by atoms with Gasteiger partial charge in [0.15, 0.2) is 0 Å². The fourth-order valence-electron chi connectivity index (χ4n) is 2.32. The Labute approximate surface area is 114 Å². The van der Waals surface area contributed by atoms with Gasteiger partial charge in [0.1, 0.15) is 17.3 Å². The summed E-state index contributed by atoms with van der Waals surface area (Å²) in [6.45, 7) is 0. The molecule has 1 saturated carbocycles. The number of hydrogen-bond donors (Lipinski definition) is 2. The largest absolute Gasteiger partial charge is 0.391 e. The predicted octanol–water partition coefficient (Wildman–Crippen LogP) is 3.83. The molecule has 18 heavy (non-hydrogen) atoms. The minimum atomic E-state index is -0.640. The zero-order valence-corrected chi connectivity index (χ0v) is 11.5. The lowest BCUT2D eigenvalue weighted by Gasteiger charge is -2.23. The van der Waals surface area contributed by atoms with Gasteiger partial charge in [-0.05, 0) is 25.0 Å². The first kappa shape index (κ1) is 13.7. The standard InChI is InChI=1S/C13H16BrF2NO/c14-8-6-9(15)13(10(16)7-8)17-11-4-2-1-3-5-12(11)18/h6-7,11-12,17-18H,1-5H2. The topological polar surface area (TPSA) is 32.3 Å². The zero-order valence-electron chi connectivity index (χ0n) is 9.93. The summed E-state index contributed by atoms with van der Waals surface area (Å²) < 4.78 is 27.7. The Morgan fingerprint density at radius 2 is 1.72 bits per heavy atom. The molecule has 1 aromatic rings. The summed E-state index contributed by atoms with van der Waals surface area (Å²) in [6.07, 6.45) is 3.85. The molecule has 2 N–H and O–H groups in total. The lowest BCUT2D eigenvalue weighted by atomic mass is 10.1. The van der Waals surface area contributed by atoms with Crippen molar-refractivity contribution < 1.29 is 13.9 Å². The van der Waals surface area contributed by atoms with E-state index in [1.807, 2.05) is 0 Å². The van der Waals surface area contributed by atoms with Crippen LogP contribution in [0, 0.1) is 11.6 Å². The molecule has 1 fully saturated rings. The normalized spacial score (nSPS) is 24.7. The smallest absolute Gasteiger partial charge is 0.150 e. The molecule has 0 spiro atoms. The third kappa shape index (κ3) is 3.20. The van der Waals surface area contributed by atoms with Crippen LogP contribution >= 0.6 is 15.9 Å². The van der Waals surface area contributed by atoms with Crippen LogP contribution in [0.25, 0.3) is 0 Å². The number of hydrogen-bond acceptors (Lipinski definition) is 2. The lowest BCUT2D eigenvalue weighted by Crippen LogP contribution is -2.33. The van der Waals surface area contributed by atoms with Gasteiger partial charge in [-0.15, -0.1) is 0 Å². The van der Waals surface area contributed by atoms with Gasteiger partial charge in [-0.25, -0.2) is 8.78 Å². The van der Waals surface area contributed by atoms with Gasteiger partial charge in [0.25, 0.3) is 0 Å². The quantitative estimate of drug-likeness (QED) is 0.812. The highest BCUT2D eigenvalue weighted by atomic mass is 79.9. The molecule has 2 atom stereocenters. The van der Waals surface area contributed by atoms with Crippen LogP contribution in [0.3, 0.4) is 0 Å². The number of halogens is 3. The molecular weight excluding hydrogens is 304 g/mol. The zero-order chi connectivity index (χ0) is 13.1. The molecule has 0 aliphatic heterocycles.